The lowest BCUT2D eigenvalue weighted by Crippen LogP contribution is -2.26. The molecule has 8 nitrogen and oxygen atoms in total. The summed E-state index contributed by atoms with van der Waals surface area (Å²) in [5.74, 6) is 2.36. The fraction of sp³-hybridized carbons (Fsp3) is 0.333. The minimum atomic E-state index is -0.348. The van der Waals surface area contributed by atoms with Crippen molar-refractivity contribution >= 4 is 12.1 Å². The monoisotopic (exact) mass is 399 g/mol. The molecule has 0 unspecified atom stereocenters. The first-order chi connectivity index (χ1) is 14.0. The average molecular weight is 399 g/mol. The van der Waals surface area contributed by atoms with Gasteiger partial charge in [-0.05, 0) is 48.5 Å². The van der Waals surface area contributed by atoms with E-state index in [9.17, 15) is 4.79 Å². The molecule has 8 heteroatoms. The second-order valence-corrected chi connectivity index (χ2v) is 6.50. The third-order valence-electron chi connectivity index (χ3n) is 4.73. The van der Waals surface area contributed by atoms with E-state index < -0.39 is 0 Å². The smallest absolute Gasteiger partial charge is 0.258 e. The van der Waals surface area contributed by atoms with Crippen LogP contribution in [0.3, 0.4) is 0 Å². The molecule has 1 amide bonds. The summed E-state index contributed by atoms with van der Waals surface area (Å²) in [6.07, 6.45) is 1.28. The van der Waals surface area contributed by atoms with Crippen molar-refractivity contribution in [2.24, 2.45) is 5.10 Å². The molecule has 1 atom stereocenters. The highest BCUT2D eigenvalue weighted by molar-refractivity contribution is 5.85. The topological polar surface area (TPSA) is 72.8 Å². The van der Waals surface area contributed by atoms with Crippen LogP contribution in [0.15, 0.2) is 41.5 Å². The number of hydrogen-bond donors (Lipinski definition) is 0. The van der Waals surface area contributed by atoms with E-state index in [0.717, 1.165) is 11.1 Å². The van der Waals surface area contributed by atoms with Gasteiger partial charge in [-0.15, -0.1) is 0 Å². The van der Waals surface area contributed by atoms with E-state index in [4.69, 9.17) is 18.9 Å². The Bertz CT molecular complexity index is 915. The van der Waals surface area contributed by atoms with Gasteiger partial charge in [-0.2, -0.15) is 5.10 Å². The maximum atomic E-state index is 12.6. The molecule has 2 aromatic carbocycles. The molecule has 1 fully saturated rings. The molecule has 1 saturated heterocycles. The average Bonchev–Trinajstić information content (AvgIpc) is 3.04. The molecular formula is C21H25N3O5. The minimum Gasteiger partial charge on any atom is -0.493 e. The van der Waals surface area contributed by atoms with Crippen LogP contribution in [0.25, 0.3) is 0 Å². The molecule has 0 spiro atoms. The summed E-state index contributed by atoms with van der Waals surface area (Å²) in [6, 6.07) is 11.0. The molecular weight excluding hydrogens is 374 g/mol. The molecule has 0 aliphatic carbocycles. The van der Waals surface area contributed by atoms with E-state index in [-0.39, 0.29) is 18.6 Å². The van der Waals surface area contributed by atoms with Gasteiger partial charge in [0, 0.05) is 0 Å². The molecule has 1 aliphatic heterocycles. The van der Waals surface area contributed by atoms with Crippen molar-refractivity contribution in [1.82, 2.24) is 9.91 Å². The van der Waals surface area contributed by atoms with Crippen molar-refractivity contribution in [3.8, 4) is 23.0 Å². The Morgan fingerprint density at radius 3 is 2.10 bits per heavy atom. The van der Waals surface area contributed by atoms with Crippen LogP contribution < -0.4 is 18.9 Å². The predicted molar refractivity (Wildman–Crippen MR) is 109 cm³/mol. The van der Waals surface area contributed by atoms with E-state index in [1.54, 1.807) is 46.8 Å². The summed E-state index contributed by atoms with van der Waals surface area (Å²) in [6.45, 7) is 0.266. The van der Waals surface area contributed by atoms with E-state index in [1.807, 2.05) is 36.2 Å². The highest BCUT2D eigenvalue weighted by Gasteiger charge is 2.37. The number of carbonyl (C=O) groups excluding carboxylic acids is 1. The lowest BCUT2D eigenvalue weighted by atomic mass is 10.1. The van der Waals surface area contributed by atoms with Crippen molar-refractivity contribution in [2.75, 3.05) is 42.0 Å². The fourth-order valence-corrected chi connectivity index (χ4v) is 3.29. The van der Waals surface area contributed by atoms with Crippen LogP contribution in [0.5, 0.6) is 23.0 Å². The van der Waals surface area contributed by atoms with Crippen molar-refractivity contribution in [3.05, 3.63) is 47.5 Å². The van der Waals surface area contributed by atoms with Gasteiger partial charge in [0.2, 0.25) is 0 Å². The van der Waals surface area contributed by atoms with Crippen LogP contribution in [0.1, 0.15) is 17.3 Å². The largest absolute Gasteiger partial charge is 0.493 e. The first-order valence-electron chi connectivity index (χ1n) is 9.02. The van der Waals surface area contributed by atoms with Gasteiger partial charge in [0.15, 0.2) is 23.0 Å². The lowest BCUT2D eigenvalue weighted by molar-refractivity contribution is -0.128. The van der Waals surface area contributed by atoms with Gasteiger partial charge in [-0.3, -0.25) is 9.69 Å². The quantitative estimate of drug-likeness (QED) is 0.667. The van der Waals surface area contributed by atoms with Crippen LogP contribution >= 0.6 is 0 Å². The number of amides is 1. The SMILES string of the molecule is COc1ccc(/C=N\N2C(=O)CN(C)[C@H]2c2ccc(OC)c(OC)c2)cc1OC. The maximum Gasteiger partial charge on any atom is 0.258 e. The van der Waals surface area contributed by atoms with Gasteiger partial charge in [0.25, 0.3) is 5.91 Å². The molecule has 3 rings (SSSR count). The summed E-state index contributed by atoms with van der Waals surface area (Å²) in [7, 11) is 8.20. The maximum absolute atomic E-state index is 12.6. The standard InChI is InChI=1S/C21H25N3O5/c1-23-13-20(25)24(21(23)15-7-9-17(27-3)19(11-15)29-5)22-12-14-6-8-16(26-2)18(10-14)28-4/h6-12,21H,13H2,1-5H3/b22-12-/t21-/m1/s1. The first-order valence-corrected chi connectivity index (χ1v) is 9.02. The van der Waals surface area contributed by atoms with Crippen molar-refractivity contribution in [3.63, 3.8) is 0 Å². The Balaban J connectivity index is 1.91. The van der Waals surface area contributed by atoms with Crippen LogP contribution in [0, 0.1) is 0 Å². The zero-order valence-electron chi connectivity index (χ0n) is 17.2. The van der Waals surface area contributed by atoms with Crippen LogP contribution in [-0.2, 0) is 4.79 Å². The number of methoxy groups -OCH3 is 4. The van der Waals surface area contributed by atoms with Crippen molar-refractivity contribution in [1.29, 1.82) is 0 Å². The molecule has 0 bridgehead atoms. The van der Waals surface area contributed by atoms with Gasteiger partial charge >= 0.3 is 0 Å². The third-order valence-corrected chi connectivity index (χ3v) is 4.73. The summed E-state index contributed by atoms with van der Waals surface area (Å²) in [5.41, 5.74) is 1.66. The van der Waals surface area contributed by atoms with E-state index in [2.05, 4.69) is 5.10 Å². The second-order valence-electron chi connectivity index (χ2n) is 6.50. The molecule has 2 aromatic rings. The predicted octanol–water partition coefficient (Wildman–Crippen LogP) is 2.53. The third kappa shape index (κ3) is 4.12. The van der Waals surface area contributed by atoms with Gasteiger partial charge in [0.05, 0.1) is 41.2 Å². The van der Waals surface area contributed by atoms with E-state index in [1.165, 1.54) is 5.01 Å². The van der Waals surface area contributed by atoms with Crippen LogP contribution in [0.4, 0.5) is 0 Å². The summed E-state index contributed by atoms with van der Waals surface area (Å²) >= 11 is 0. The summed E-state index contributed by atoms with van der Waals surface area (Å²) in [5, 5.41) is 5.93. The molecule has 154 valence electrons. The Morgan fingerprint density at radius 2 is 1.48 bits per heavy atom. The second kappa shape index (κ2) is 8.83. The molecule has 0 N–H and O–H groups in total. The number of rotatable bonds is 7. The highest BCUT2D eigenvalue weighted by Crippen LogP contribution is 2.35. The number of benzene rings is 2. The Labute approximate surface area is 170 Å². The van der Waals surface area contributed by atoms with E-state index in [0.29, 0.717) is 23.0 Å². The Morgan fingerprint density at radius 1 is 0.897 bits per heavy atom. The zero-order valence-corrected chi connectivity index (χ0v) is 17.2. The zero-order chi connectivity index (χ0) is 21.0. The van der Waals surface area contributed by atoms with Gasteiger partial charge < -0.3 is 18.9 Å². The first kappa shape index (κ1) is 20.5. The molecule has 29 heavy (non-hydrogen) atoms. The number of carbonyl (C=O) groups is 1. The molecule has 0 radical (unpaired) electrons. The molecule has 1 aliphatic rings. The van der Waals surface area contributed by atoms with Crippen molar-refractivity contribution < 1.29 is 23.7 Å². The van der Waals surface area contributed by atoms with Crippen LogP contribution in [-0.4, -0.2) is 64.1 Å². The Kier molecular flexibility index (Phi) is 6.23. The molecule has 0 saturated carbocycles. The normalized spacial score (nSPS) is 17.1. The van der Waals surface area contributed by atoms with Gasteiger partial charge in [-0.25, -0.2) is 5.01 Å². The summed E-state index contributed by atoms with van der Waals surface area (Å²) < 4.78 is 21.3. The van der Waals surface area contributed by atoms with Crippen molar-refractivity contribution in [2.45, 2.75) is 6.17 Å². The fourth-order valence-electron chi connectivity index (χ4n) is 3.29. The summed E-state index contributed by atoms with van der Waals surface area (Å²) in [4.78, 5) is 14.5. The molecule has 1 heterocycles. The molecule has 0 aromatic heterocycles. The van der Waals surface area contributed by atoms with Crippen LogP contribution in [0.2, 0.25) is 0 Å². The van der Waals surface area contributed by atoms with E-state index >= 15 is 0 Å². The minimum absolute atomic E-state index is 0.0935. The van der Waals surface area contributed by atoms with Gasteiger partial charge in [0.1, 0.15) is 6.17 Å². The number of hydrazone groups is 1. The lowest BCUT2D eigenvalue weighted by Gasteiger charge is -2.25. The number of hydrogen-bond acceptors (Lipinski definition) is 7. The number of likely N-dealkylation sites (N-methyl/N-ethyl adjacent to an activating group) is 1. The highest BCUT2D eigenvalue weighted by atomic mass is 16.5. The van der Waals surface area contributed by atoms with Gasteiger partial charge in [-0.1, -0.05) is 6.07 Å². The number of ether oxygens (including phenoxy) is 4. The number of nitrogens with zero attached hydrogens (tertiary/aromatic N) is 3. The Hall–Kier alpha value is -3.26.